The maximum Gasteiger partial charge on any atom is 0.137 e. The molecule has 18 heavy (non-hydrogen) atoms. The first kappa shape index (κ1) is 12.9. The minimum absolute atomic E-state index is 0.0677. The highest BCUT2D eigenvalue weighted by Gasteiger charge is 2.07. The molecule has 0 N–H and O–H groups in total. The Morgan fingerprint density at radius 2 is 2.11 bits per heavy atom. The Labute approximate surface area is 114 Å². The fraction of sp³-hybridized carbons (Fsp3) is 0.214. The predicted molar refractivity (Wildman–Crippen MR) is 74.3 cm³/mol. The first-order valence-electron chi connectivity index (χ1n) is 5.64. The predicted octanol–water partition coefficient (Wildman–Crippen LogP) is 3.35. The van der Waals surface area contributed by atoms with Gasteiger partial charge in [0.1, 0.15) is 11.6 Å². The van der Waals surface area contributed by atoms with Gasteiger partial charge in [0, 0.05) is 16.2 Å². The van der Waals surface area contributed by atoms with Crippen molar-refractivity contribution in [1.29, 1.82) is 0 Å². The number of hydrogen-bond donors (Lipinski definition) is 0. The highest BCUT2D eigenvalue weighted by atomic mass is 79.9. The highest BCUT2D eigenvalue weighted by Crippen LogP contribution is 2.25. The summed E-state index contributed by atoms with van der Waals surface area (Å²) in [7, 11) is 0. The van der Waals surface area contributed by atoms with E-state index in [-0.39, 0.29) is 12.2 Å². The van der Waals surface area contributed by atoms with E-state index in [0.29, 0.717) is 5.82 Å². The van der Waals surface area contributed by atoms with E-state index >= 15 is 0 Å². The Bertz CT molecular complexity index is 596. The van der Waals surface area contributed by atoms with Crippen molar-refractivity contribution in [3.63, 3.8) is 0 Å². The van der Waals surface area contributed by atoms with Crippen molar-refractivity contribution in [2.24, 2.45) is 0 Å². The number of aryl methyl sites for hydroxylation is 1. The minimum Gasteiger partial charge on any atom is -0.300 e. The average Bonchev–Trinajstić information content (AvgIpc) is 2.32. The molecule has 0 aliphatic carbocycles. The summed E-state index contributed by atoms with van der Waals surface area (Å²) in [5.74, 6) is 0.637. The number of carbonyl (C=O) groups excluding carboxylic acids is 1. The molecule has 0 fully saturated rings. The number of aromatic nitrogens is 2. The molecule has 0 aliphatic rings. The Morgan fingerprint density at radius 3 is 2.83 bits per heavy atom. The topological polar surface area (TPSA) is 42.9 Å². The molecule has 2 rings (SSSR count). The zero-order chi connectivity index (χ0) is 13.1. The van der Waals surface area contributed by atoms with E-state index < -0.39 is 0 Å². The van der Waals surface area contributed by atoms with Crippen molar-refractivity contribution in [2.45, 2.75) is 20.3 Å². The van der Waals surface area contributed by atoms with Gasteiger partial charge in [-0.05, 0) is 37.6 Å². The third-order valence-corrected chi connectivity index (χ3v) is 3.08. The Morgan fingerprint density at radius 1 is 1.33 bits per heavy atom. The Kier molecular flexibility index (Phi) is 3.87. The summed E-state index contributed by atoms with van der Waals surface area (Å²) in [6.45, 7) is 3.58. The monoisotopic (exact) mass is 304 g/mol. The van der Waals surface area contributed by atoms with Crippen molar-refractivity contribution < 1.29 is 4.79 Å². The van der Waals surface area contributed by atoms with Crippen LogP contribution < -0.4 is 0 Å². The molecule has 0 unspecified atom stereocenters. The lowest BCUT2D eigenvalue weighted by Crippen LogP contribution is -2.03. The van der Waals surface area contributed by atoms with Crippen LogP contribution in [-0.2, 0) is 11.2 Å². The standard InChI is InChI=1S/C14H13BrN2O/c1-9-3-4-11(15)8-12(9)13-5-6-16-14(17-13)7-10(2)18/h3-6,8H,7H2,1-2H3. The maximum atomic E-state index is 11.1. The summed E-state index contributed by atoms with van der Waals surface area (Å²) in [6.07, 6.45) is 1.97. The van der Waals surface area contributed by atoms with Crippen molar-refractivity contribution >= 4 is 21.7 Å². The molecule has 92 valence electrons. The normalized spacial score (nSPS) is 10.4. The molecule has 0 saturated heterocycles. The third kappa shape index (κ3) is 3.01. The number of benzene rings is 1. The molecule has 1 aromatic heterocycles. The molecule has 0 saturated carbocycles. The summed E-state index contributed by atoms with van der Waals surface area (Å²) >= 11 is 3.45. The number of nitrogens with zero attached hydrogens (tertiary/aromatic N) is 2. The number of ketones is 1. The van der Waals surface area contributed by atoms with Crippen molar-refractivity contribution in [3.05, 3.63) is 46.3 Å². The molecule has 4 heteroatoms. The van der Waals surface area contributed by atoms with Crippen LogP contribution in [0.2, 0.25) is 0 Å². The smallest absolute Gasteiger partial charge is 0.137 e. The fourth-order valence-electron chi connectivity index (χ4n) is 1.73. The van der Waals surface area contributed by atoms with Gasteiger partial charge in [-0.15, -0.1) is 0 Å². The van der Waals surface area contributed by atoms with Gasteiger partial charge in [0.05, 0.1) is 12.1 Å². The molecule has 0 radical (unpaired) electrons. The van der Waals surface area contributed by atoms with Gasteiger partial charge in [0.25, 0.3) is 0 Å². The molecular formula is C14H13BrN2O. The van der Waals surface area contributed by atoms with Crippen LogP contribution in [0, 0.1) is 6.92 Å². The van der Waals surface area contributed by atoms with E-state index in [2.05, 4.69) is 25.9 Å². The number of hydrogen-bond acceptors (Lipinski definition) is 3. The first-order valence-corrected chi connectivity index (χ1v) is 6.43. The van der Waals surface area contributed by atoms with Crippen LogP contribution in [0.1, 0.15) is 18.3 Å². The maximum absolute atomic E-state index is 11.1. The molecule has 1 heterocycles. The fourth-order valence-corrected chi connectivity index (χ4v) is 2.09. The van der Waals surface area contributed by atoms with Gasteiger partial charge >= 0.3 is 0 Å². The van der Waals surface area contributed by atoms with Gasteiger partial charge in [-0.25, -0.2) is 9.97 Å². The lowest BCUT2D eigenvalue weighted by Gasteiger charge is -2.07. The second-order valence-corrected chi connectivity index (χ2v) is 5.11. The minimum atomic E-state index is 0.0677. The summed E-state index contributed by atoms with van der Waals surface area (Å²) in [4.78, 5) is 19.6. The highest BCUT2D eigenvalue weighted by molar-refractivity contribution is 9.10. The third-order valence-electron chi connectivity index (χ3n) is 2.59. The van der Waals surface area contributed by atoms with Crippen LogP contribution in [0.3, 0.4) is 0 Å². The summed E-state index contributed by atoms with van der Waals surface area (Å²) in [5.41, 5.74) is 3.04. The van der Waals surface area contributed by atoms with Gasteiger partial charge in [0.15, 0.2) is 0 Å². The van der Waals surface area contributed by atoms with E-state index in [1.807, 2.05) is 31.2 Å². The molecule has 2 aromatic rings. The van der Waals surface area contributed by atoms with Gasteiger partial charge in [-0.3, -0.25) is 4.79 Å². The van der Waals surface area contributed by atoms with Crippen LogP contribution in [0.5, 0.6) is 0 Å². The second kappa shape index (κ2) is 5.40. The van der Waals surface area contributed by atoms with Gasteiger partial charge in [-0.2, -0.15) is 0 Å². The first-order chi connectivity index (χ1) is 8.56. The van der Waals surface area contributed by atoms with Crippen LogP contribution >= 0.6 is 15.9 Å². The summed E-state index contributed by atoms with van der Waals surface area (Å²) in [5, 5.41) is 0. The van der Waals surface area contributed by atoms with E-state index in [0.717, 1.165) is 21.3 Å². The van der Waals surface area contributed by atoms with Crippen molar-refractivity contribution in [3.8, 4) is 11.3 Å². The van der Waals surface area contributed by atoms with Crippen LogP contribution in [0.4, 0.5) is 0 Å². The van der Waals surface area contributed by atoms with E-state index in [9.17, 15) is 4.79 Å². The number of carbonyl (C=O) groups is 1. The van der Waals surface area contributed by atoms with Crippen LogP contribution in [0.25, 0.3) is 11.3 Å². The Balaban J connectivity index is 2.44. The number of rotatable bonds is 3. The van der Waals surface area contributed by atoms with Crippen LogP contribution in [0.15, 0.2) is 34.9 Å². The number of halogens is 1. The zero-order valence-electron chi connectivity index (χ0n) is 10.3. The quantitative estimate of drug-likeness (QED) is 0.873. The molecule has 0 aliphatic heterocycles. The SMILES string of the molecule is CC(=O)Cc1nccc(-c2cc(Br)ccc2C)n1. The van der Waals surface area contributed by atoms with Crippen molar-refractivity contribution in [1.82, 2.24) is 9.97 Å². The largest absolute Gasteiger partial charge is 0.300 e. The molecular weight excluding hydrogens is 292 g/mol. The summed E-state index contributed by atoms with van der Waals surface area (Å²) < 4.78 is 1.01. The van der Waals surface area contributed by atoms with Crippen LogP contribution in [-0.4, -0.2) is 15.8 Å². The average molecular weight is 305 g/mol. The van der Waals surface area contributed by atoms with Gasteiger partial charge < -0.3 is 0 Å². The molecule has 3 nitrogen and oxygen atoms in total. The van der Waals surface area contributed by atoms with E-state index in [1.54, 1.807) is 13.1 Å². The molecule has 0 spiro atoms. The van der Waals surface area contributed by atoms with Crippen molar-refractivity contribution in [2.75, 3.05) is 0 Å². The zero-order valence-corrected chi connectivity index (χ0v) is 11.9. The Hall–Kier alpha value is -1.55. The molecule has 1 aromatic carbocycles. The van der Waals surface area contributed by atoms with Gasteiger partial charge in [-0.1, -0.05) is 22.0 Å². The molecule has 0 amide bonds. The molecule has 0 bridgehead atoms. The van der Waals surface area contributed by atoms with E-state index in [4.69, 9.17) is 0 Å². The molecule has 0 atom stereocenters. The summed E-state index contributed by atoms with van der Waals surface area (Å²) in [6, 6.07) is 7.91. The number of Topliss-reactive ketones (excluding diaryl/α,β-unsaturated/α-hetero) is 1. The lowest BCUT2D eigenvalue weighted by atomic mass is 10.1. The van der Waals surface area contributed by atoms with Gasteiger partial charge in [0.2, 0.25) is 0 Å². The second-order valence-electron chi connectivity index (χ2n) is 4.20. The van der Waals surface area contributed by atoms with E-state index in [1.165, 1.54) is 0 Å². The lowest BCUT2D eigenvalue weighted by molar-refractivity contribution is -0.116.